The number of hydrogen-bond acceptors (Lipinski definition) is 3. The van der Waals surface area contributed by atoms with Gasteiger partial charge in [0.1, 0.15) is 12.1 Å². The van der Waals surface area contributed by atoms with Gasteiger partial charge in [-0.2, -0.15) is 13.2 Å². The Kier molecular flexibility index (Phi) is 6.38. The molecule has 1 heterocycles. The third-order valence-corrected chi connectivity index (χ3v) is 5.82. The Bertz CT molecular complexity index is 819. The van der Waals surface area contributed by atoms with E-state index in [1.54, 1.807) is 0 Å². The van der Waals surface area contributed by atoms with Crippen LogP contribution in [0.25, 0.3) is 0 Å². The van der Waals surface area contributed by atoms with Gasteiger partial charge in [-0.1, -0.05) is 50.3 Å². The highest BCUT2D eigenvalue weighted by molar-refractivity contribution is 6.09. The van der Waals surface area contributed by atoms with Gasteiger partial charge < -0.3 is 10.6 Å². The van der Waals surface area contributed by atoms with Gasteiger partial charge in [-0.25, -0.2) is 4.79 Å². The topological polar surface area (TPSA) is 78.5 Å². The molecule has 1 aliphatic heterocycles. The number of nitrogens with zero attached hydrogens (tertiary/aromatic N) is 1. The number of amides is 4. The number of urea groups is 1. The van der Waals surface area contributed by atoms with Crippen molar-refractivity contribution in [1.29, 1.82) is 0 Å². The van der Waals surface area contributed by atoms with E-state index >= 15 is 0 Å². The molecule has 9 heteroatoms. The summed E-state index contributed by atoms with van der Waals surface area (Å²) in [5.41, 5.74) is -3.25. The Morgan fingerprint density at radius 3 is 2.37 bits per heavy atom. The molecule has 0 radical (unpaired) electrons. The molecule has 6 nitrogen and oxygen atoms in total. The Balaban J connectivity index is 1.74. The predicted octanol–water partition coefficient (Wildman–Crippen LogP) is 3.70. The summed E-state index contributed by atoms with van der Waals surface area (Å²) in [7, 11) is 0. The van der Waals surface area contributed by atoms with Crippen LogP contribution in [0.3, 0.4) is 0 Å². The lowest BCUT2D eigenvalue weighted by molar-refractivity contribution is -0.140. The van der Waals surface area contributed by atoms with Crippen molar-refractivity contribution >= 4 is 17.8 Å². The zero-order valence-corrected chi connectivity index (χ0v) is 16.8. The molecule has 0 bridgehead atoms. The summed E-state index contributed by atoms with van der Waals surface area (Å²) in [6.45, 7) is 0.704. The monoisotopic (exact) mass is 425 g/mol. The van der Waals surface area contributed by atoms with Crippen molar-refractivity contribution in [2.45, 2.75) is 69.6 Å². The summed E-state index contributed by atoms with van der Waals surface area (Å²) in [4.78, 5) is 38.5. The van der Waals surface area contributed by atoms with Gasteiger partial charge in [0.05, 0.1) is 5.56 Å². The first-order valence-corrected chi connectivity index (χ1v) is 10.2. The first kappa shape index (κ1) is 22.1. The largest absolute Gasteiger partial charge is 0.416 e. The standard InChI is InChI=1S/C21H26F3N3O3/c1-20(15-11-7-8-12-16(15)21(22,23)24)18(29)27(19(30)26-20)13-17(28)25-14-9-5-3-2-4-6-10-14/h7-8,11-12,14H,2-6,9-10,13H2,1H3,(H,25,28)(H,26,30)/t20-/m0/s1. The molecule has 164 valence electrons. The number of nitrogens with one attached hydrogen (secondary N) is 2. The Labute approximate surface area is 173 Å². The van der Waals surface area contributed by atoms with Crippen LogP contribution in [0.4, 0.5) is 18.0 Å². The van der Waals surface area contributed by atoms with Crippen LogP contribution < -0.4 is 10.6 Å². The normalized spacial score (nSPS) is 23.7. The highest BCUT2D eigenvalue weighted by atomic mass is 19.4. The number of alkyl halides is 3. The minimum absolute atomic E-state index is 0.0177. The molecule has 0 aromatic heterocycles. The summed E-state index contributed by atoms with van der Waals surface area (Å²) in [5, 5.41) is 5.21. The van der Waals surface area contributed by atoms with Gasteiger partial charge >= 0.3 is 12.2 Å². The van der Waals surface area contributed by atoms with Gasteiger partial charge in [0, 0.05) is 6.04 Å². The number of benzene rings is 1. The molecule has 1 atom stereocenters. The maximum Gasteiger partial charge on any atom is 0.416 e. The molecule has 1 saturated carbocycles. The molecule has 2 fully saturated rings. The van der Waals surface area contributed by atoms with E-state index in [0.717, 1.165) is 44.6 Å². The van der Waals surface area contributed by atoms with Gasteiger partial charge in [0.2, 0.25) is 5.91 Å². The first-order chi connectivity index (χ1) is 14.1. The van der Waals surface area contributed by atoms with Gasteiger partial charge in [0.15, 0.2) is 0 Å². The molecule has 3 rings (SSSR count). The summed E-state index contributed by atoms with van der Waals surface area (Å²) >= 11 is 0. The third kappa shape index (κ3) is 4.60. The maximum atomic E-state index is 13.4. The average Bonchev–Trinajstić information content (AvgIpc) is 2.87. The second kappa shape index (κ2) is 8.65. The van der Waals surface area contributed by atoms with E-state index in [2.05, 4.69) is 10.6 Å². The lowest BCUT2D eigenvalue weighted by Gasteiger charge is -2.26. The lowest BCUT2D eigenvalue weighted by atomic mass is 9.87. The minimum atomic E-state index is -4.69. The van der Waals surface area contributed by atoms with E-state index in [-0.39, 0.29) is 11.6 Å². The molecule has 4 amide bonds. The Morgan fingerprint density at radius 1 is 1.13 bits per heavy atom. The van der Waals surface area contributed by atoms with E-state index in [0.29, 0.717) is 4.90 Å². The third-order valence-electron chi connectivity index (χ3n) is 5.82. The highest BCUT2D eigenvalue weighted by Crippen LogP contribution is 2.39. The zero-order valence-electron chi connectivity index (χ0n) is 16.8. The molecule has 0 spiro atoms. The van der Waals surface area contributed by atoms with Crippen molar-refractivity contribution in [1.82, 2.24) is 15.5 Å². The van der Waals surface area contributed by atoms with E-state index in [9.17, 15) is 27.6 Å². The number of hydrogen-bond donors (Lipinski definition) is 2. The van der Waals surface area contributed by atoms with Crippen LogP contribution in [0.2, 0.25) is 0 Å². The second-order valence-electron chi connectivity index (χ2n) is 8.10. The van der Waals surface area contributed by atoms with Gasteiger partial charge in [-0.05, 0) is 31.4 Å². The zero-order chi connectivity index (χ0) is 21.9. The van der Waals surface area contributed by atoms with Crippen molar-refractivity contribution in [3.63, 3.8) is 0 Å². The van der Waals surface area contributed by atoms with Crippen LogP contribution in [0, 0.1) is 0 Å². The van der Waals surface area contributed by atoms with Crippen LogP contribution >= 0.6 is 0 Å². The van der Waals surface area contributed by atoms with Crippen LogP contribution in [0.1, 0.15) is 63.0 Å². The van der Waals surface area contributed by atoms with E-state index in [1.807, 2.05) is 0 Å². The molecule has 1 aromatic rings. The number of carbonyl (C=O) groups is 3. The summed E-state index contributed by atoms with van der Waals surface area (Å²) in [5.74, 6) is -1.37. The van der Waals surface area contributed by atoms with Crippen molar-refractivity contribution in [3.05, 3.63) is 35.4 Å². The number of rotatable bonds is 4. The predicted molar refractivity (Wildman–Crippen MR) is 103 cm³/mol. The summed E-state index contributed by atoms with van der Waals surface area (Å²) in [6.07, 6.45) is 2.38. The number of imide groups is 1. The van der Waals surface area contributed by atoms with E-state index in [1.165, 1.54) is 31.5 Å². The molecule has 1 aliphatic carbocycles. The van der Waals surface area contributed by atoms with Crippen LogP contribution in [-0.2, 0) is 21.3 Å². The molecular weight excluding hydrogens is 399 g/mol. The molecule has 0 unspecified atom stereocenters. The quantitative estimate of drug-likeness (QED) is 0.722. The molecule has 1 aromatic carbocycles. The van der Waals surface area contributed by atoms with Crippen molar-refractivity contribution in [2.75, 3.05) is 6.54 Å². The fourth-order valence-corrected chi connectivity index (χ4v) is 4.21. The number of carbonyl (C=O) groups excluding carboxylic acids is 3. The SMILES string of the molecule is C[C@@]1(c2ccccc2C(F)(F)F)NC(=O)N(CC(=O)NC2CCCCCCC2)C1=O. The van der Waals surface area contributed by atoms with Crippen LogP contribution in [0.5, 0.6) is 0 Å². The van der Waals surface area contributed by atoms with Gasteiger partial charge in [-0.3, -0.25) is 14.5 Å². The Hall–Kier alpha value is -2.58. The van der Waals surface area contributed by atoms with Gasteiger partial charge in [0.25, 0.3) is 5.91 Å². The average molecular weight is 425 g/mol. The van der Waals surface area contributed by atoms with Crippen molar-refractivity contribution in [3.8, 4) is 0 Å². The smallest absolute Gasteiger partial charge is 0.352 e. The molecule has 2 aliphatic rings. The summed E-state index contributed by atoms with van der Waals surface area (Å²) < 4.78 is 40.3. The lowest BCUT2D eigenvalue weighted by Crippen LogP contribution is -2.46. The maximum absolute atomic E-state index is 13.4. The second-order valence-corrected chi connectivity index (χ2v) is 8.10. The Morgan fingerprint density at radius 2 is 1.73 bits per heavy atom. The fourth-order valence-electron chi connectivity index (χ4n) is 4.21. The van der Waals surface area contributed by atoms with Crippen LogP contribution in [-0.4, -0.2) is 35.3 Å². The number of halogens is 3. The van der Waals surface area contributed by atoms with E-state index in [4.69, 9.17) is 0 Å². The molecule has 30 heavy (non-hydrogen) atoms. The summed E-state index contributed by atoms with van der Waals surface area (Å²) in [6, 6.07) is 3.72. The van der Waals surface area contributed by atoms with Crippen molar-refractivity contribution in [2.24, 2.45) is 0 Å². The van der Waals surface area contributed by atoms with Crippen molar-refractivity contribution < 1.29 is 27.6 Å². The minimum Gasteiger partial charge on any atom is -0.352 e. The fraction of sp³-hybridized carbons (Fsp3) is 0.571. The van der Waals surface area contributed by atoms with Crippen LogP contribution in [0.15, 0.2) is 24.3 Å². The molecule has 1 saturated heterocycles. The highest BCUT2D eigenvalue weighted by Gasteiger charge is 2.52. The molecule has 2 N–H and O–H groups in total. The van der Waals surface area contributed by atoms with E-state index < -0.39 is 41.7 Å². The molecular formula is C21H26F3N3O3. The van der Waals surface area contributed by atoms with Gasteiger partial charge in [-0.15, -0.1) is 0 Å². The first-order valence-electron chi connectivity index (χ1n) is 10.2.